The number of nitrogens with two attached hydrogens (primary N) is 2. The molecule has 0 spiro atoms. The molecule has 1 fully saturated rings. The van der Waals surface area contributed by atoms with E-state index in [-0.39, 0.29) is 28.2 Å². The van der Waals surface area contributed by atoms with E-state index in [1.165, 1.54) is 26.2 Å². The lowest BCUT2D eigenvalue weighted by molar-refractivity contribution is -0.123. The molecule has 40 heavy (non-hydrogen) atoms. The smallest absolute Gasteiger partial charge is 0.273 e. The first-order chi connectivity index (χ1) is 19.3. The van der Waals surface area contributed by atoms with Gasteiger partial charge in [-0.15, -0.1) is 0 Å². The fourth-order valence-corrected chi connectivity index (χ4v) is 5.57. The summed E-state index contributed by atoms with van der Waals surface area (Å²) in [5.74, 6) is -0.412. The van der Waals surface area contributed by atoms with Gasteiger partial charge in [0.25, 0.3) is 11.8 Å². The van der Waals surface area contributed by atoms with Gasteiger partial charge in [0.05, 0.1) is 27.0 Å². The second kappa shape index (κ2) is 12.7. The number of nitrogens with one attached hydrogen (secondary N) is 1. The van der Waals surface area contributed by atoms with Crippen LogP contribution in [0.15, 0.2) is 42.5 Å². The van der Waals surface area contributed by atoms with Crippen molar-refractivity contribution in [1.82, 2.24) is 9.69 Å². The summed E-state index contributed by atoms with van der Waals surface area (Å²) in [6.45, 7) is 0. The summed E-state index contributed by atoms with van der Waals surface area (Å²) in [7, 11) is 4.54. The molecule has 11 nitrogen and oxygen atoms in total. The number of amides is 3. The SMILES string of the molecule is COc1ccc(N(C(=O)c2snc(C(N)=O)c2N)C(C(=O)NC2CCCCC2)c2ccc(OC)c(OC)c2)cc1. The molecule has 5 N–H and O–H groups in total. The van der Waals surface area contributed by atoms with Gasteiger partial charge in [-0.05, 0) is 66.3 Å². The second-order valence-corrected chi connectivity index (χ2v) is 10.1. The average molecular weight is 568 g/mol. The van der Waals surface area contributed by atoms with Crippen LogP contribution in [0.3, 0.4) is 0 Å². The highest BCUT2D eigenvalue weighted by Gasteiger charge is 2.37. The quantitative estimate of drug-likeness (QED) is 0.335. The van der Waals surface area contributed by atoms with Crippen LogP contribution in [0, 0.1) is 0 Å². The van der Waals surface area contributed by atoms with Crippen LogP contribution in [0.5, 0.6) is 17.2 Å². The Morgan fingerprint density at radius 3 is 2.23 bits per heavy atom. The Kier molecular flexibility index (Phi) is 9.10. The molecule has 0 aliphatic heterocycles. The van der Waals surface area contributed by atoms with Crippen molar-refractivity contribution in [1.29, 1.82) is 0 Å². The van der Waals surface area contributed by atoms with Crippen LogP contribution >= 0.6 is 11.5 Å². The molecule has 0 bridgehead atoms. The fraction of sp³-hybridized carbons (Fsp3) is 0.357. The van der Waals surface area contributed by atoms with Gasteiger partial charge in [-0.25, -0.2) is 0 Å². The number of anilines is 2. The number of hydrogen-bond donors (Lipinski definition) is 3. The number of ether oxygens (including phenoxy) is 3. The molecule has 1 aliphatic rings. The number of carbonyl (C=O) groups is 3. The summed E-state index contributed by atoms with van der Waals surface area (Å²) in [6, 6.07) is 10.6. The highest BCUT2D eigenvalue weighted by Crippen LogP contribution is 2.37. The maximum absolute atomic E-state index is 14.2. The minimum atomic E-state index is -1.14. The molecule has 12 heteroatoms. The van der Waals surface area contributed by atoms with Gasteiger partial charge >= 0.3 is 0 Å². The summed E-state index contributed by atoms with van der Waals surface area (Å²) in [5.41, 5.74) is 12.1. The third kappa shape index (κ3) is 5.96. The van der Waals surface area contributed by atoms with Gasteiger partial charge in [-0.1, -0.05) is 25.3 Å². The van der Waals surface area contributed by atoms with E-state index in [9.17, 15) is 14.4 Å². The average Bonchev–Trinajstić information content (AvgIpc) is 3.37. The third-order valence-corrected chi connectivity index (χ3v) is 7.76. The Labute approximate surface area is 236 Å². The topological polar surface area (TPSA) is 159 Å². The minimum absolute atomic E-state index is 0.0134. The number of primary amides is 1. The number of hydrogen-bond acceptors (Lipinski definition) is 9. The van der Waals surface area contributed by atoms with Gasteiger partial charge in [0.15, 0.2) is 17.2 Å². The molecule has 3 amide bonds. The van der Waals surface area contributed by atoms with Gasteiger partial charge in [0.1, 0.15) is 16.7 Å². The van der Waals surface area contributed by atoms with E-state index in [4.69, 9.17) is 25.7 Å². The van der Waals surface area contributed by atoms with E-state index < -0.39 is 17.9 Å². The Balaban J connectivity index is 1.88. The van der Waals surface area contributed by atoms with Gasteiger partial charge in [-0.2, -0.15) is 4.37 Å². The summed E-state index contributed by atoms with van der Waals surface area (Å²) in [6.07, 6.45) is 4.85. The molecular formula is C28H33N5O6S. The fourth-order valence-electron chi connectivity index (χ4n) is 4.83. The van der Waals surface area contributed by atoms with Crippen molar-refractivity contribution < 1.29 is 28.6 Å². The Bertz CT molecular complexity index is 1370. The summed E-state index contributed by atoms with van der Waals surface area (Å²) < 4.78 is 20.2. The molecule has 3 aromatic rings. The van der Waals surface area contributed by atoms with Crippen molar-refractivity contribution in [3.63, 3.8) is 0 Å². The first kappa shape index (κ1) is 28.7. The van der Waals surface area contributed by atoms with Gasteiger partial charge < -0.3 is 31.0 Å². The van der Waals surface area contributed by atoms with Crippen LogP contribution < -0.4 is 35.9 Å². The molecule has 1 saturated carbocycles. The summed E-state index contributed by atoms with van der Waals surface area (Å²) in [5, 5.41) is 3.15. The van der Waals surface area contributed by atoms with Crippen molar-refractivity contribution in [3.05, 3.63) is 58.6 Å². The minimum Gasteiger partial charge on any atom is -0.497 e. The van der Waals surface area contributed by atoms with E-state index in [0.717, 1.165) is 43.6 Å². The molecule has 1 aromatic heterocycles. The summed E-state index contributed by atoms with van der Waals surface area (Å²) >= 11 is 0.749. The lowest BCUT2D eigenvalue weighted by Crippen LogP contribution is -2.47. The molecule has 1 atom stereocenters. The molecule has 212 valence electrons. The highest BCUT2D eigenvalue weighted by molar-refractivity contribution is 7.09. The Hall–Kier alpha value is -4.32. The van der Waals surface area contributed by atoms with Gasteiger partial charge in [-0.3, -0.25) is 19.3 Å². The zero-order chi connectivity index (χ0) is 28.8. The van der Waals surface area contributed by atoms with Crippen molar-refractivity contribution in [2.24, 2.45) is 5.73 Å². The normalized spacial score (nSPS) is 14.2. The predicted molar refractivity (Wildman–Crippen MR) is 152 cm³/mol. The van der Waals surface area contributed by atoms with E-state index in [1.54, 1.807) is 42.5 Å². The number of rotatable bonds is 10. The lowest BCUT2D eigenvalue weighted by atomic mass is 9.94. The van der Waals surface area contributed by atoms with Crippen molar-refractivity contribution in [2.75, 3.05) is 32.0 Å². The molecule has 0 radical (unpaired) electrons. The largest absolute Gasteiger partial charge is 0.497 e. The molecule has 4 rings (SSSR count). The third-order valence-electron chi connectivity index (χ3n) is 6.91. The van der Waals surface area contributed by atoms with Crippen LogP contribution in [0.2, 0.25) is 0 Å². The van der Waals surface area contributed by atoms with Crippen molar-refractivity contribution in [3.8, 4) is 17.2 Å². The van der Waals surface area contributed by atoms with Crippen molar-refractivity contribution in [2.45, 2.75) is 44.2 Å². The van der Waals surface area contributed by atoms with Gasteiger partial charge in [0.2, 0.25) is 5.91 Å². The number of benzene rings is 2. The standard InChI is InChI=1S/C28H33N5O6S/c1-37-19-12-10-18(11-13-19)33(28(36)25-22(29)23(26(30)34)32-40-25)24(27(35)31-17-7-5-4-6-8-17)16-9-14-20(38-2)21(15-16)39-3/h9-15,17,24H,4-8,29H2,1-3H3,(H2,30,34)(H,31,35). The molecule has 2 aromatic carbocycles. The number of aromatic nitrogens is 1. The van der Waals surface area contributed by atoms with E-state index in [1.807, 2.05) is 0 Å². The number of nitrogen functional groups attached to an aromatic ring is 1. The Morgan fingerprint density at radius 1 is 0.975 bits per heavy atom. The maximum atomic E-state index is 14.2. The van der Waals surface area contributed by atoms with Crippen molar-refractivity contribution >= 4 is 40.6 Å². The first-order valence-electron chi connectivity index (χ1n) is 12.8. The second-order valence-electron chi connectivity index (χ2n) is 9.37. The number of carbonyl (C=O) groups excluding carboxylic acids is 3. The van der Waals surface area contributed by atoms with Crippen LogP contribution in [-0.2, 0) is 4.79 Å². The molecule has 1 aliphatic carbocycles. The highest BCUT2D eigenvalue weighted by atomic mass is 32.1. The maximum Gasteiger partial charge on any atom is 0.273 e. The monoisotopic (exact) mass is 567 g/mol. The van der Waals surface area contributed by atoms with Crippen LogP contribution in [0.1, 0.15) is 63.9 Å². The number of methoxy groups -OCH3 is 3. The first-order valence-corrected chi connectivity index (χ1v) is 13.6. The summed E-state index contributed by atoms with van der Waals surface area (Å²) in [4.78, 5) is 41.5. The van der Waals surface area contributed by atoms with Crippen LogP contribution in [0.4, 0.5) is 11.4 Å². The lowest BCUT2D eigenvalue weighted by Gasteiger charge is -2.33. The van der Waals surface area contributed by atoms with E-state index >= 15 is 0 Å². The Morgan fingerprint density at radius 2 is 1.65 bits per heavy atom. The number of nitrogens with zero attached hydrogens (tertiary/aromatic N) is 2. The van der Waals surface area contributed by atoms with E-state index in [0.29, 0.717) is 28.5 Å². The molecule has 0 saturated heterocycles. The van der Waals surface area contributed by atoms with Gasteiger partial charge in [0, 0.05) is 11.7 Å². The molecular weight excluding hydrogens is 534 g/mol. The predicted octanol–water partition coefficient (Wildman–Crippen LogP) is 3.69. The molecule has 1 unspecified atom stereocenters. The molecule has 1 heterocycles. The van der Waals surface area contributed by atoms with Crippen LogP contribution in [0.25, 0.3) is 0 Å². The van der Waals surface area contributed by atoms with E-state index in [2.05, 4.69) is 9.69 Å². The zero-order valence-electron chi connectivity index (χ0n) is 22.6. The van der Waals surface area contributed by atoms with Crippen LogP contribution in [-0.4, -0.2) is 49.5 Å². The zero-order valence-corrected chi connectivity index (χ0v) is 23.5.